The van der Waals surface area contributed by atoms with Crippen LogP contribution in [-0.2, 0) is 6.42 Å². The van der Waals surface area contributed by atoms with Gasteiger partial charge in [0.1, 0.15) is 5.82 Å². The Bertz CT molecular complexity index is 1110. The normalized spacial score (nSPS) is 10.7. The Morgan fingerprint density at radius 2 is 1.78 bits per heavy atom. The summed E-state index contributed by atoms with van der Waals surface area (Å²) >= 11 is 0. The number of rotatable bonds is 5. The highest BCUT2D eigenvalue weighted by atomic mass is 19.1. The number of halogens is 1. The maximum Gasteiger partial charge on any atom is 0.220 e. The van der Waals surface area contributed by atoms with Crippen molar-refractivity contribution in [2.24, 2.45) is 0 Å². The van der Waals surface area contributed by atoms with E-state index in [1.807, 2.05) is 12.1 Å². The molecule has 4 aromatic rings. The van der Waals surface area contributed by atoms with Gasteiger partial charge in [0, 0.05) is 12.0 Å². The molecule has 2 aromatic heterocycles. The van der Waals surface area contributed by atoms with Gasteiger partial charge in [-0.3, -0.25) is 4.98 Å². The van der Waals surface area contributed by atoms with Crippen molar-refractivity contribution in [1.29, 1.82) is 5.26 Å². The Labute approximate surface area is 154 Å². The van der Waals surface area contributed by atoms with Gasteiger partial charge in [0.05, 0.1) is 30.6 Å². The summed E-state index contributed by atoms with van der Waals surface area (Å²) in [5.74, 6) is 0.859. The molecule has 0 saturated carbocycles. The minimum Gasteiger partial charge on any atom is -0.477 e. The Morgan fingerprint density at radius 3 is 2.52 bits per heavy atom. The zero-order valence-electron chi connectivity index (χ0n) is 14.2. The van der Waals surface area contributed by atoms with Crippen LogP contribution < -0.4 is 4.74 Å². The van der Waals surface area contributed by atoms with Crippen molar-refractivity contribution in [2.45, 2.75) is 6.42 Å². The number of fused-ring (bicyclic) bond motifs is 1. The van der Waals surface area contributed by atoms with E-state index in [-0.39, 0.29) is 5.82 Å². The minimum absolute atomic E-state index is 0.259. The molecule has 4 rings (SSSR count). The van der Waals surface area contributed by atoms with Gasteiger partial charge in [-0.1, -0.05) is 12.1 Å². The summed E-state index contributed by atoms with van der Waals surface area (Å²) in [5.41, 5.74) is 2.93. The van der Waals surface area contributed by atoms with Crippen LogP contribution in [0, 0.1) is 17.1 Å². The lowest BCUT2D eigenvalue weighted by Crippen LogP contribution is -2.06. The third-order valence-corrected chi connectivity index (χ3v) is 4.11. The summed E-state index contributed by atoms with van der Waals surface area (Å²) in [6.07, 6.45) is 3.84. The molecule has 2 aromatic carbocycles. The van der Waals surface area contributed by atoms with Gasteiger partial charge < -0.3 is 4.74 Å². The number of hydrogen-bond donors (Lipinski definition) is 0. The van der Waals surface area contributed by atoms with Crippen molar-refractivity contribution < 1.29 is 9.13 Å². The molecule has 6 nitrogen and oxygen atoms in total. The van der Waals surface area contributed by atoms with E-state index in [2.05, 4.69) is 21.3 Å². The number of aromatic nitrogens is 4. The molecule has 0 saturated heterocycles. The van der Waals surface area contributed by atoms with Gasteiger partial charge in [0.25, 0.3) is 0 Å². The fraction of sp³-hybridized carbons (Fsp3) is 0.100. The predicted molar refractivity (Wildman–Crippen MR) is 96.5 cm³/mol. The number of hydrogen-bond acceptors (Lipinski definition) is 5. The van der Waals surface area contributed by atoms with Gasteiger partial charge in [0.15, 0.2) is 11.5 Å². The fourth-order valence-electron chi connectivity index (χ4n) is 2.73. The molecule has 0 aliphatic rings. The first-order chi connectivity index (χ1) is 13.2. The van der Waals surface area contributed by atoms with Crippen molar-refractivity contribution in [3.8, 4) is 23.3 Å². The molecule has 0 spiro atoms. The maximum absolute atomic E-state index is 13.0. The van der Waals surface area contributed by atoms with Crippen molar-refractivity contribution in [3.05, 3.63) is 77.9 Å². The maximum atomic E-state index is 13.0. The Balaban J connectivity index is 1.60. The quantitative estimate of drug-likeness (QED) is 0.546. The third kappa shape index (κ3) is 3.46. The van der Waals surface area contributed by atoms with Crippen molar-refractivity contribution in [3.63, 3.8) is 0 Å². The van der Waals surface area contributed by atoms with Crippen LogP contribution in [0.3, 0.4) is 0 Å². The zero-order chi connectivity index (χ0) is 18.6. The third-order valence-electron chi connectivity index (χ3n) is 4.11. The zero-order valence-corrected chi connectivity index (χ0v) is 14.2. The van der Waals surface area contributed by atoms with Crippen LogP contribution in [0.25, 0.3) is 17.0 Å². The highest BCUT2D eigenvalue weighted by molar-refractivity contribution is 5.61. The van der Waals surface area contributed by atoms with Gasteiger partial charge in [-0.15, -0.1) is 10.2 Å². The number of nitrogens with zero attached hydrogens (tertiary/aromatic N) is 5. The Morgan fingerprint density at radius 1 is 1.00 bits per heavy atom. The molecule has 7 heteroatoms. The van der Waals surface area contributed by atoms with Crippen LogP contribution in [0.15, 0.2) is 60.9 Å². The summed E-state index contributed by atoms with van der Waals surface area (Å²) < 4.78 is 20.7. The van der Waals surface area contributed by atoms with Crippen molar-refractivity contribution in [2.75, 3.05) is 6.61 Å². The van der Waals surface area contributed by atoms with Crippen LogP contribution in [-0.4, -0.2) is 26.2 Å². The molecule has 0 atom stereocenters. The SMILES string of the molecule is N#Cc1ccc(-c2nnc3cncc(OCCc4ccc(F)cc4)n23)cc1. The van der Waals surface area contributed by atoms with E-state index in [1.54, 1.807) is 41.1 Å². The second kappa shape index (κ2) is 7.22. The lowest BCUT2D eigenvalue weighted by molar-refractivity contribution is 0.304. The van der Waals surface area contributed by atoms with E-state index in [0.717, 1.165) is 11.1 Å². The molecule has 0 bridgehead atoms. The molecule has 0 unspecified atom stereocenters. The highest BCUT2D eigenvalue weighted by Gasteiger charge is 2.13. The average molecular weight is 359 g/mol. The molecule has 0 amide bonds. The molecule has 0 radical (unpaired) electrons. The van der Waals surface area contributed by atoms with E-state index >= 15 is 0 Å². The molecular weight excluding hydrogens is 345 g/mol. The lowest BCUT2D eigenvalue weighted by atomic mass is 10.1. The minimum atomic E-state index is -0.259. The van der Waals surface area contributed by atoms with Crippen LogP contribution in [0.4, 0.5) is 4.39 Å². The Kier molecular flexibility index (Phi) is 4.45. The van der Waals surface area contributed by atoms with Crippen LogP contribution in [0.2, 0.25) is 0 Å². The summed E-state index contributed by atoms with van der Waals surface area (Å²) in [6.45, 7) is 0.400. The molecule has 132 valence electrons. The van der Waals surface area contributed by atoms with Gasteiger partial charge in [0.2, 0.25) is 5.88 Å². The number of benzene rings is 2. The van der Waals surface area contributed by atoms with E-state index < -0.39 is 0 Å². The second-order valence-corrected chi connectivity index (χ2v) is 5.88. The van der Waals surface area contributed by atoms with E-state index in [4.69, 9.17) is 10.00 Å². The molecule has 0 N–H and O–H groups in total. The van der Waals surface area contributed by atoms with Crippen molar-refractivity contribution >= 4 is 5.65 Å². The first-order valence-electron chi connectivity index (χ1n) is 8.31. The summed E-state index contributed by atoms with van der Waals surface area (Å²) in [7, 11) is 0. The van der Waals surface area contributed by atoms with Gasteiger partial charge >= 0.3 is 0 Å². The molecular formula is C20H14FN5O. The highest BCUT2D eigenvalue weighted by Crippen LogP contribution is 2.23. The standard InChI is InChI=1S/C20H14FN5O/c21-17-7-3-14(4-8-17)9-10-27-19-13-23-12-18-24-25-20(26(18)19)16-5-1-15(11-22)2-6-16/h1-8,12-13H,9-10H2. The van der Waals surface area contributed by atoms with E-state index in [9.17, 15) is 4.39 Å². The van der Waals surface area contributed by atoms with Crippen LogP contribution >= 0.6 is 0 Å². The fourth-order valence-corrected chi connectivity index (χ4v) is 2.73. The monoisotopic (exact) mass is 359 g/mol. The number of nitriles is 1. The Hall–Kier alpha value is -3.79. The summed E-state index contributed by atoms with van der Waals surface area (Å²) in [6, 6.07) is 15.5. The average Bonchev–Trinajstić information content (AvgIpc) is 3.15. The smallest absolute Gasteiger partial charge is 0.220 e. The lowest BCUT2D eigenvalue weighted by Gasteiger charge is -2.09. The van der Waals surface area contributed by atoms with Crippen LogP contribution in [0.5, 0.6) is 5.88 Å². The topological polar surface area (TPSA) is 76.1 Å². The van der Waals surface area contributed by atoms with Gasteiger partial charge in [-0.2, -0.15) is 5.26 Å². The number of ether oxygens (including phenoxy) is 1. The molecule has 0 aliphatic heterocycles. The molecule has 27 heavy (non-hydrogen) atoms. The first kappa shape index (κ1) is 16.7. The molecule has 2 heterocycles. The largest absolute Gasteiger partial charge is 0.477 e. The van der Waals surface area contributed by atoms with E-state index in [1.165, 1.54) is 12.1 Å². The first-order valence-corrected chi connectivity index (χ1v) is 8.31. The van der Waals surface area contributed by atoms with Gasteiger partial charge in [-0.25, -0.2) is 8.79 Å². The predicted octanol–water partition coefficient (Wildman–Crippen LogP) is 3.42. The van der Waals surface area contributed by atoms with E-state index in [0.29, 0.717) is 35.9 Å². The summed E-state index contributed by atoms with van der Waals surface area (Å²) in [4.78, 5) is 4.14. The molecule has 0 fully saturated rings. The van der Waals surface area contributed by atoms with Crippen molar-refractivity contribution in [1.82, 2.24) is 19.6 Å². The molecule has 0 aliphatic carbocycles. The summed E-state index contributed by atoms with van der Waals surface area (Å²) in [5, 5.41) is 17.3. The van der Waals surface area contributed by atoms with Crippen LogP contribution in [0.1, 0.15) is 11.1 Å². The second-order valence-electron chi connectivity index (χ2n) is 5.88. The van der Waals surface area contributed by atoms with Gasteiger partial charge in [-0.05, 0) is 42.0 Å².